The largest absolute Gasteiger partial charge is 0.381 e. The second kappa shape index (κ2) is 5.89. The number of rotatable bonds is 5. The third kappa shape index (κ3) is 2.73. The zero-order valence-electron chi connectivity index (χ0n) is 12.5. The zero-order chi connectivity index (χ0) is 13.2. The van der Waals surface area contributed by atoms with Gasteiger partial charge in [-0.05, 0) is 38.8 Å². The Balaban J connectivity index is 1.86. The highest BCUT2D eigenvalue weighted by atomic mass is 16.5. The van der Waals surface area contributed by atoms with Crippen LogP contribution in [0.5, 0.6) is 0 Å². The molecule has 2 aliphatic rings. The maximum absolute atomic E-state index is 5.57. The summed E-state index contributed by atoms with van der Waals surface area (Å²) < 4.78 is 5.57. The Morgan fingerprint density at radius 2 is 2.17 bits per heavy atom. The van der Waals surface area contributed by atoms with E-state index in [0.29, 0.717) is 23.6 Å². The van der Waals surface area contributed by atoms with Gasteiger partial charge in [0.1, 0.15) is 0 Å². The lowest BCUT2D eigenvalue weighted by molar-refractivity contribution is -0.142. The highest BCUT2D eigenvalue weighted by Gasteiger charge is 2.51. The molecule has 2 rings (SSSR count). The summed E-state index contributed by atoms with van der Waals surface area (Å²) in [5.74, 6) is 0. The molecule has 3 atom stereocenters. The lowest BCUT2D eigenvalue weighted by Crippen LogP contribution is -2.64. The molecule has 3 unspecified atom stereocenters. The molecule has 106 valence electrons. The van der Waals surface area contributed by atoms with Crippen LogP contribution in [0.2, 0.25) is 0 Å². The van der Waals surface area contributed by atoms with E-state index in [9.17, 15) is 0 Å². The van der Waals surface area contributed by atoms with Crippen LogP contribution < -0.4 is 5.32 Å². The first-order valence-electron chi connectivity index (χ1n) is 7.59. The summed E-state index contributed by atoms with van der Waals surface area (Å²) in [5, 5.41) is 3.68. The van der Waals surface area contributed by atoms with Gasteiger partial charge in [0, 0.05) is 31.2 Å². The predicted octanol–water partition coefficient (Wildman–Crippen LogP) is 2.26. The Kier molecular flexibility index (Phi) is 4.68. The molecule has 18 heavy (non-hydrogen) atoms. The van der Waals surface area contributed by atoms with Crippen LogP contribution in [-0.2, 0) is 4.74 Å². The van der Waals surface area contributed by atoms with E-state index in [0.717, 1.165) is 6.54 Å². The van der Waals surface area contributed by atoms with Crippen molar-refractivity contribution in [1.29, 1.82) is 0 Å². The molecule has 1 N–H and O–H groups in total. The minimum absolute atomic E-state index is 0.321. The fourth-order valence-electron chi connectivity index (χ4n) is 3.69. The van der Waals surface area contributed by atoms with Crippen LogP contribution in [0.15, 0.2) is 0 Å². The maximum Gasteiger partial charge on any atom is 0.0652 e. The van der Waals surface area contributed by atoms with Crippen LogP contribution in [0, 0.1) is 5.41 Å². The van der Waals surface area contributed by atoms with Gasteiger partial charge in [-0.3, -0.25) is 4.90 Å². The number of nitrogens with one attached hydrogen (secondary N) is 1. The molecule has 2 fully saturated rings. The SMILES string of the molecule is CCCNC1CCCN(C2CC(OC)C2(C)C)C1. The number of hydrogen-bond acceptors (Lipinski definition) is 3. The van der Waals surface area contributed by atoms with Gasteiger partial charge in [-0.1, -0.05) is 20.8 Å². The molecule has 0 amide bonds. The number of likely N-dealkylation sites (tertiary alicyclic amines) is 1. The maximum atomic E-state index is 5.57. The quantitative estimate of drug-likeness (QED) is 0.814. The average Bonchev–Trinajstić information content (AvgIpc) is 2.36. The predicted molar refractivity (Wildman–Crippen MR) is 75.9 cm³/mol. The van der Waals surface area contributed by atoms with E-state index in [4.69, 9.17) is 4.74 Å². The van der Waals surface area contributed by atoms with Crippen LogP contribution in [-0.4, -0.2) is 49.8 Å². The van der Waals surface area contributed by atoms with Gasteiger partial charge in [-0.15, -0.1) is 0 Å². The van der Waals surface area contributed by atoms with E-state index in [2.05, 4.69) is 31.0 Å². The third-order valence-electron chi connectivity index (χ3n) is 4.99. The first kappa shape index (κ1) is 14.3. The molecule has 0 spiro atoms. The first-order valence-corrected chi connectivity index (χ1v) is 7.59. The van der Waals surface area contributed by atoms with Gasteiger partial charge in [-0.25, -0.2) is 0 Å². The summed E-state index contributed by atoms with van der Waals surface area (Å²) in [5.41, 5.74) is 0.321. The summed E-state index contributed by atoms with van der Waals surface area (Å²) in [4.78, 5) is 2.70. The van der Waals surface area contributed by atoms with E-state index < -0.39 is 0 Å². The molecule has 0 aromatic carbocycles. The average molecular weight is 254 g/mol. The molecule has 3 heteroatoms. The Bertz CT molecular complexity index is 267. The Morgan fingerprint density at radius 3 is 2.78 bits per heavy atom. The topological polar surface area (TPSA) is 24.5 Å². The normalized spacial score (nSPS) is 36.3. The van der Waals surface area contributed by atoms with Gasteiger partial charge in [0.05, 0.1) is 6.10 Å². The first-order chi connectivity index (χ1) is 8.59. The lowest BCUT2D eigenvalue weighted by Gasteiger charge is -2.57. The van der Waals surface area contributed by atoms with E-state index in [1.807, 2.05) is 7.11 Å². The third-order valence-corrected chi connectivity index (χ3v) is 4.99. The summed E-state index contributed by atoms with van der Waals surface area (Å²) >= 11 is 0. The number of nitrogens with zero attached hydrogens (tertiary/aromatic N) is 1. The molecule has 1 aliphatic heterocycles. The Morgan fingerprint density at radius 1 is 1.39 bits per heavy atom. The smallest absolute Gasteiger partial charge is 0.0652 e. The fourth-order valence-corrected chi connectivity index (χ4v) is 3.69. The summed E-state index contributed by atoms with van der Waals surface area (Å²) in [6.07, 6.45) is 5.58. The molecule has 0 aromatic rings. The Hall–Kier alpha value is -0.120. The second-order valence-corrected chi connectivity index (χ2v) is 6.59. The van der Waals surface area contributed by atoms with Crippen molar-refractivity contribution in [2.45, 2.75) is 64.6 Å². The lowest BCUT2D eigenvalue weighted by atomic mass is 9.63. The van der Waals surface area contributed by atoms with Crippen molar-refractivity contribution in [1.82, 2.24) is 10.2 Å². The molecule has 1 heterocycles. The van der Waals surface area contributed by atoms with Crippen LogP contribution in [0.25, 0.3) is 0 Å². The van der Waals surface area contributed by atoms with Crippen molar-refractivity contribution in [3.8, 4) is 0 Å². The van der Waals surface area contributed by atoms with Crippen molar-refractivity contribution in [3.63, 3.8) is 0 Å². The molecule has 0 bridgehead atoms. The summed E-state index contributed by atoms with van der Waals surface area (Å²) in [6, 6.07) is 1.42. The number of hydrogen-bond donors (Lipinski definition) is 1. The Labute approximate surface area is 112 Å². The molecule has 1 saturated carbocycles. The number of ether oxygens (including phenoxy) is 1. The van der Waals surface area contributed by atoms with E-state index in [1.54, 1.807) is 0 Å². The van der Waals surface area contributed by atoms with Gasteiger partial charge in [0.2, 0.25) is 0 Å². The van der Waals surface area contributed by atoms with E-state index >= 15 is 0 Å². The van der Waals surface area contributed by atoms with Gasteiger partial charge in [0.15, 0.2) is 0 Å². The molecule has 0 aromatic heterocycles. The monoisotopic (exact) mass is 254 g/mol. The van der Waals surface area contributed by atoms with Crippen LogP contribution in [0.4, 0.5) is 0 Å². The minimum Gasteiger partial charge on any atom is -0.381 e. The summed E-state index contributed by atoms with van der Waals surface area (Å²) in [7, 11) is 1.85. The summed E-state index contributed by atoms with van der Waals surface area (Å²) in [6.45, 7) is 10.6. The van der Waals surface area contributed by atoms with Crippen molar-refractivity contribution in [3.05, 3.63) is 0 Å². The highest BCUT2D eigenvalue weighted by Crippen LogP contribution is 2.46. The molecule has 3 nitrogen and oxygen atoms in total. The fraction of sp³-hybridized carbons (Fsp3) is 1.00. The van der Waals surface area contributed by atoms with Crippen LogP contribution in [0.1, 0.15) is 46.5 Å². The van der Waals surface area contributed by atoms with Crippen LogP contribution in [0.3, 0.4) is 0 Å². The minimum atomic E-state index is 0.321. The number of piperidine rings is 1. The molecular weight excluding hydrogens is 224 g/mol. The van der Waals surface area contributed by atoms with Gasteiger partial charge < -0.3 is 10.1 Å². The van der Waals surface area contributed by atoms with Gasteiger partial charge >= 0.3 is 0 Å². The van der Waals surface area contributed by atoms with Gasteiger partial charge in [-0.2, -0.15) is 0 Å². The van der Waals surface area contributed by atoms with Crippen molar-refractivity contribution in [2.24, 2.45) is 5.41 Å². The van der Waals surface area contributed by atoms with Crippen molar-refractivity contribution >= 4 is 0 Å². The number of methoxy groups -OCH3 is 1. The van der Waals surface area contributed by atoms with Crippen molar-refractivity contribution in [2.75, 3.05) is 26.7 Å². The van der Waals surface area contributed by atoms with Crippen LogP contribution >= 0.6 is 0 Å². The van der Waals surface area contributed by atoms with E-state index in [1.165, 1.54) is 38.8 Å². The zero-order valence-corrected chi connectivity index (χ0v) is 12.5. The molecule has 1 aliphatic carbocycles. The molecular formula is C15H30N2O. The molecule has 0 radical (unpaired) electrons. The van der Waals surface area contributed by atoms with Crippen molar-refractivity contribution < 1.29 is 4.74 Å². The van der Waals surface area contributed by atoms with E-state index in [-0.39, 0.29) is 0 Å². The highest BCUT2D eigenvalue weighted by molar-refractivity contribution is 5.04. The van der Waals surface area contributed by atoms with Gasteiger partial charge in [0.25, 0.3) is 0 Å². The second-order valence-electron chi connectivity index (χ2n) is 6.59. The standard InChI is InChI=1S/C15H30N2O/c1-5-8-16-12-7-6-9-17(11-12)13-10-14(18-4)15(13,2)3/h12-14,16H,5-11H2,1-4H3. The molecule has 1 saturated heterocycles.